The van der Waals surface area contributed by atoms with E-state index in [2.05, 4.69) is 9.97 Å². The third-order valence-electron chi connectivity index (χ3n) is 2.90. The molecule has 0 aliphatic carbocycles. The van der Waals surface area contributed by atoms with Gasteiger partial charge in [0, 0.05) is 15.5 Å². The Balaban J connectivity index is 2.41. The number of hydrogen-bond acceptors (Lipinski definition) is 3. The van der Waals surface area contributed by atoms with Crippen LogP contribution in [0, 0.1) is 11.7 Å². The molecule has 0 atom stereocenters. The molecular weight excluding hydrogens is 300 g/mol. The minimum atomic E-state index is -0.159. The van der Waals surface area contributed by atoms with Crippen LogP contribution in [0.1, 0.15) is 4.88 Å². The molecule has 1 aromatic carbocycles. The first-order valence-electron chi connectivity index (χ1n) is 5.58. The number of thiophene rings is 1. The molecule has 0 amide bonds. The molecule has 0 aliphatic heterocycles. The number of nitrogens with one attached hydrogen (secondary N) is 2. The van der Waals surface area contributed by atoms with Gasteiger partial charge >= 0.3 is 0 Å². The van der Waals surface area contributed by atoms with Crippen molar-refractivity contribution in [2.45, 2.75) is 6.92 Å². The summed E-state index contributed by atoms with van der Waals surface area (Å²) in [6.45, 7) is 1.99. The maximum atomic E-state index is 12.1. The van der Waals surface area contributed by atoms with Crippen LogP contribution < -0.4 is 5.56 Å². The van der Waals surface area contributed by atoms with Crippen LogP contribution >= 0.6 is 35.2 Å². The molecule has 0 saturated carbocycles. The lowest BCUT2D eigenvalue weighted by molar-refractivity contribution is 1.15. The van der Waals surface area contributed by atoms with Crippen molar-refractivity contribution in [3.05, 3.63) is 49.3 Å². The van der Waals surface area contributed by atoms with E-state index in [1.807, 2.05) is 31.2 Å². The lowest BCUT2D eigenvalue weighted by atomic mass is 10.0. The summed E-state index contributed by atoms with van der Waals surface area (Å²) in [6.07, 6.45) is 0. The lowest BCUT2D eigenvalue weighted by Gasteiger charge is -2.01. The minimum Gasteiger partial charge on any atom is -0.323 e. The van der Waals surface area contributed by atoms with E-state index in [1.54, 1.807) is 0 Å². The van der Waals surface area contributed by atoms with Crippen molar-refractivity contribution in [2.75, 3.05) is 0 Å². The number of aromatic nitrogens is 2. The third-order valence-corrected chi connectivity index (χ3v) is 4.38. The predicted molar refractivity (Wildman–Crippen MR) is 82.8 cm³/mol. The predicted octanol–water partition coefficient (Wildman–Crippen LogP) is 4.28. The summed E-state index contributed by atoms with van der Waals surface area (Å²) in [5, 5.41) is 1.33. The number of hydrogen-bond donors (Lipinski definition) is 2. The van der Waals surface area contributed by atoms with Gasteiger partial charge in [-0.2, -0.15) is 0 Å². The van der Waals surface area contributed by atoms with E-state index in [9.17, 15) is 4.79 Å². The molecule has 0 saturated heterocycles. The quantitative estimate of drug-likeness (QED) is 0.659. The summed E-state index contributed by atoms with van der Waals surface area (Å²) in [7, 11) is 0. The van der Waals surface area contributed by atoms with Crippen molar-refractivity contribution in [3.8, 4) is 11.1 Å². The van der Waals surface area contributed by atoms with E-state index < -0.39 is 0 Å². The molecule has 3 rings (SSSR count). The molecule has 2 aromatic heterocycles. The summed E-state index contributed by atoms with van der Waals surface area (Å²) in [5.41, 5.74) is 1.75. The average Bonchev–Trinajstić information content (AvgIpc) is 2.66. The zero-order chi connectivity index (χ0) is 13.6. The van der Waals surface area contributed by atoms with Gasteiger partial charge in [0.15, 0.2) is 4.77 Å². The fourth-order valence-corrected chi connectivity index (χ4v) is 3.58. The second kappa shape index (κ2) is 4.59. The monoisotopic (exact) mass is 308 g/mol. The van der Waals surface area contributed by atoms with Gasteiger partial charge in [0.1, 0.15) is 4.83 Å². The molecule has 3 nitrogen and oxygen atoms in total. The van der Waals surface area contributed by atoms with Gasteiger partial charge in [-0.3, -0.25) is 9.78 Å². The fraction of sp³-hybridized carbons (Fsp3) is 0.0769. The van der Waals surface area contributed by atoms with E-state index >= 15 is 0 Å². The van der Waals surface area contributed by atoms with Gasteiger partial charge in [-0.25, -0.2) is 0 Å². The smallest absolute Gasteiger partial charge is 0.261 e. The lowest BCUT2D eigenvalue weighted by Crippen LogP contribution is -2.07. The van der Waals surface area contributed by atoms with Crippen LogP contribution in [-0.2, 0) is 0 Å². The zero-order valence-corrected chi connectivity index (χ0v) is 12.3. The van der Waals surface area contributed by atoms with Crippen molar-refractivity contribution in [2.24, 2.45) is 0 Å². The van der Waals surface area contributed by atoms with Gasteiger partial charge < -0.3 is 4.98 Å². The first kappa shape index (κ1) is 12.6. The summed E-state index contributed by atoms with van der Waals surface area (Å²) in [4.78, 5) is 19.6. The summed E-state index contributed by atoms with van der Waals surface area (Å²) >= 11 is 12.4. The molecule has 0 bridgehead atoms. The van der Waals surface area contributed by atoms with E-state index in [-0.39, 0.29) is 5.56 Å². The molecule has 6 heteroatoms. The average molecular weight is 309 g/mol. The number of halogens is 1. The van der Waals surface area contributed by atoms with Crippen LogP contribution in [0.2, 0.25) is 5.02 Å². The molecule has 3 aromatic rings. The normalized spacial score (nSPS) is 11.1. The second-order valence-electron chi connectivity index (χ2n) is 4.15. The third kappa shape index (κ3) is 2.14. The molecule has 2 heterocycles. The Hall–Kier alpha value is -1.43. The molecule has 2 N–H and O–H groups in total. The van der Waals surface area contributed by atoms with Crippen molar-refractivity contribution in [1.29, 1.82) is 0 Å². The zero-order valence-electron chi connectivity index (χ0n) is 9.91. The maximum Gasteiger partial charge on any atom is 0.261 e. The number of rotatable bonds is 1. The van der Waals surface area contributed by atoms with Gasteiger partial charge in [0.05, 0.1) is 5.39 Å². The van der Waals surface area contributed by atoms with Gasteiger partial charge in [-0.1, -0.05) is 23.7 Å². The van der Waals surface area contributed by atoms with E-state index in [0.717, 1.165) is 20.8 Å². The van der Waals surface area contributed by atoms with Crippen LogP contribution in [0.3, 0.4) is 0 Å². The van der Waals surface area contributed by atoms with E-state index in [4.69, 9.17) is 23.8 Å². The number of fused-ring (bicyclic) bond motifs is 1. The Morgan fingerprint density at radius 2 is 1.89 bits per heavy atom. The number of aryl methyl sites for hydroxylation is 1. The highest BCUT2D eigenvalue weighted by Crippen LogP contribution is 2.35. The number of benzene rings is 1. The molecule has 96 valence electrons. The molecule has 0 unspecified atom stereocenters. The van der Waals surface area contributed by atoms with E-state index in [0.29, 0.717) is 15.2 Å². The fourth-order valence-electron chi connectivity index (χ4n) is 2.11. The van der Waals surface area contributed by atoms with Crippen LogP contribution in [0.25, 0.3) is 21.3 Å². The van der Waals surface area contributed by atoms with Gasteiger partial charge in [0.25, 0.3) is 5.56 Å². The van der Waals surface area contributed by atoms with Crippen molar-refractivity contribution < 1.29 is 0 Å². The standard InChI is InChI=1S/C13H9ClN2OS2/c1-6-9(7-2-4-8(14)5-3-7)10-11(17)15-13(18)16-12(10)19-6/h2-5H,1H3,(H2,15,16,17,18). The highest BCUT2D eigenvalue weighted by Gasteiger charge is 2.14. The van der Waals surface area contributed by atoms with Crippen molar-refractivity contribution in [1.82, 2.24) is 9.97 Å². The molecule has 0 aliphatic rings. The Kier molecular flexibility index (Phi) is 3.05. The molecule has 0 radical (unpaired) electrons. The Morgan fingerprint density at radius 3 is 2.58 bits per heavy atom. The minimum absolute atomic E-state index is 0.159. The highest BCUT2D eigenvalue weighted by atomic mass is 35.5. The summed E-state index contributed by atoms with van der Waals surface area (Å²) in [5.74, 6) is 0. The van der Waals surface area contributed by atoms with Crippen molar-refractivity contribution in [3.63, 3.8) is 0 Å². The van der Waals surface area contributed by atoms with Crippen LogP contribution in [-0.4, -0.2) is 9.97 Å². The van der Waals surface area contributed by atoms with E-state index in [1.165, 1.54) is 11.3 Å². The Bertz CT molecular complexity index is 874. The SMILES string of the molecule is Cc1sc2[nH]c(=S)[nH]c(=O)c2c1-c1ccc(Cl)cc1. The number of H-pyrrole nitrogens is 2. The highest BCUT2D eigenvalue weighted by molar-refractivity contribution is 7.71. The largest absolute Gasteiger partial charge is 0.323 e. The topological polar surface area (TPSA) is 48.6 Å². The van der Waals surface area contributed by atoms with Crippen LogP contribution in [0.15, 0.2) is 29.1 Å². The summed E-state index contributed by atoms with van der Waals surface area (Å²) in [6, 6.07) is 7.47. The van der Waals surface area contributed by atoms with Gasteiger partial charge in [-0.05, 0) is 36.8 Å². The molecular formula is C13H9ClN2OS2. The van der Waals surface area contributed by atoms with Gasteiger partial charge in [-0.15, -0.1) is 11.3 Å². The maximum absolute atomic E-state index is 12.1. The first-order valence-corrected chi connectivity index (χ1v) is 7.18. The molecule has 0 spiro atoms. The van der Waals surface area contributed by atoms with Crippen LogP contribution in [0.4, 0.5) is 0 Å². The Morgan fingerprint density at radius 1 is 1.21 bits per heavy atom. The van der Waals surface area contributed by atoms with Crippen molar-refractivity contribution >= 4 is 45.4 Å². The molecule has 19 heavy (non-hydrogen) atoms. The van der Waals surface area contributed by atoms with Gasteiger partial charge in [0.2, 0.25) is 0 Å². The second-order valence-corrected chi connectivity index (χ2v) is 6.22. The Labute approximate surface area is 122 Å². The molecule has 0 fully saturated rings. The summed E-state index contributed by atoms with van der Waals surface area (Å²) < 4.78 is 0.349. The van der Waals surface area contributed by atoms with Crippen LogP contribution in [0.5, 0.6) is 0 Å². The number of aromatic amines is 2. The first-order chi connectivity index (χ1) is 9.06.